The molecule has 0 amide bonds. The Bertz CT molecular complexity index is 388. The molecule has 0 saturated carbocycles. The number of hydrogen-bond donors (Lipinski definition) is 0. The number of thioether (sulfide) groups is 1. The Balaban J connectivity index is 1.82. The minimum absolute atomic E-state index is 0.234. The maximum atomic E-state index is 11.8. The summed E-state index contributed by atoms with van der Waals surface area (Å²) in [4.78, 5) is 14.2. The van der Waals surface area contributed by atoms with Crippen LogP contribution in [-0.2, 0) is 4.74 Å². The maximum absolute atomic E-state index is 11.8. The molecular weight excluding hydrogens is 314 g/mol. The minimum atomic E-state index is -0.234. The number of carbonyl (C=O) groups is 1. The fraction of sp³-hybridized carbons (Fsp3) is 0.462. The smallest absolute Gasteiger partial charge is 0.338 e. The minimum Gasteiger partial charge on any atom is -0.460 e. The topological polar surface area (TPSA) is 29.5 Å². The van der Waals surface area contributed by atoms with Crippen LogP contribution < -0.4 is 0 Å². The fourth-order valence-corrected chi connectivity index (χ4v) is 3.53. The van der Waals surface area contributed by atoms with E-state index in [1.165, 1.54) is 0 Å². The van der Waals surface area contributed by atoms with E-state index in [0.717, 1.165) is 24.2 Å². The molecule has 0 spiro atoms. The summed E-state index contributed by atoms with van der Waals surface area (Å²) >= 11 is 5.30. The van der Waals surface area contributed by atoms with Crippen molar-refractivity contribution in [2.45, 2.75) is 5.37 Å². The first-order chi connectivity index (χ1) is 8.81. The van der Waals surface area contributed by atoms with Crippen LogP contribution in [0.4, 0.5) is 0 Å². The van der Waals surface area contributed by atoms with Gasteiger partial charge in [0.15, 0.2) is 0 Å². The van der Waals surface area contributed by atoms with Crippen molar-refractivity contribution in [3.8, 4) is 0 Å². The summed E-state index contributed by atoms with van der Waals surface area (Å²) < 4.78 is 5.37. The van der Waals surface area contributed by atoms with Crippen LogP contribution >= 0.6 is 27.7 Å². The number of hydrogen-bond acceptors (Lipinski definition) is 4. The van der Waals surface area contributed by atoms with Crippen LogP contribution in [0, 0.1) is 0 Å². The Labute approximate surface area is 120 Å². The number of ether oxygens (including phenoxy) is 1. The zero-order valence-corrected chi connectivity index (χ0v) is 12.5. The van der Waals surface area contributed by atoms with Crippen LogP contribution in [0.15, 0.2) is 30.3 Å². The lowest BCUT2D eigenvalue weighted by Crippen LogP contribution is -2.34. The normalized spacial score (nSPS) is 19.9. The summed E-state index contributed by atoms with van der Waals surface area (Å²) in [6, 6.07) is 9.14. The quantitative estimate of drug-likeness (QED) is 0.613. The van der Waals surface area contributed by atoms with Crippen molar-refractivity contribution in [3.63, 3.8) is 0 Å². The molecule has 1 saturated heterocycles. The van der Waals surface area contributed by atoms with E-state index in [2.05, 4.69) is 20.8 Å². The first kappa shape index (κ1) is 13.9. The van der Waals surface area contributed by atoms with Gasteiger partial charge in [-0.15, -0.1) is 11.8 Å². The Morgan fingerprint density at radius 1 is 1.44 bits per heavy atom. The average molecular weight is 330 g/mol. The Hall–Kier alpha value is -0.520. The van der Waals surface area contributed by atoms with E-state index in [1.54, 1.807) is 12.1 Å². The Kier molecular flexibility index (Phi) is 5.53. The van der Waals surface area contributed by atoms with Crippen molar-refractivity contribution in [3.05, 3.63) is 35.9 Å². The summed E-state index contributed by atoms with van der Waals surface area (Å²) in [5.74, 6) is 0.877. The zero-order chi connectivity index (χ0) is 12.8. The number of carbonyl (C=O) groups excluding carboxylic acids is 1. The van der Waals surface area contributed by atoms with Crippen molar-refractivity contribution in [1.29, 1.82) is 0 Å². The number of halogens is 1. The SMILES string of the molecule is O=C(OCC1SCCN1CCBr)c1ccccc1. The summed E-state index contributed by atoms with van der Waals surface area (Å²) in [5.41, 5.74) is 0.618. The predicted molar refractivity (Wildman–Crippen MR) is 78.3 cm³/mol. The molecule has 98 valence electrons. The van der Waals surface area contributed by atoms with E-state index in [9.17, 15) is 4.79 Å². The van der Waals surface area contributed by atoms with E-state index in [0.29, 0.717) is 17.5 Å². The van der Waals surface area contributed by atoms with Gasteiger partial charge in [0, 0.05) is 24.2 Å². The van der Waals surface area contributed by atoms with Crippen molar-refractivity contribution in [1.82, 2.24) is 4.90 Å². The molecule has 1 aliphatic rings. The van der Waals surface area contributed by atoms with E-state index in [-0.39, 0.29) is 5.97 Å². The standard InChI is InChI=1S/C13H16BrNO2S/c14-6-7-15-8-9-18-12(15)10-17-13(16)11-4-2-1-3-5-11/h1-5,12H,6-10H2. The third-order valence-corrected chi connectivity index (χ3v) is 4.43. The molecule has 1 unspecified atom stereocenters. The second kappa shape index (κ2) is 7.16. The van der Waals surface area contributed by atoms with Crippen LogP contribution in [-0.4, -0.2) is 47.0 Å². The van der Waals surface area contributed by atoms with Crippen molar-refractivity contribution in [2.24, 2.45) is 0 Å². The van der Waals surface area contributed by atoms with Gasteiger partial charge in [-0.2, -0.15) is 0 Å². The van der Waals surface area contributed by atoms with Gasteiger partial charge in [0.25, 0.3) is 0 Å². The van der Waals surface area contributed by atoms with E-state index >= 15 is 0 Å². The molecule has 1 heterocycles. The Morgan fingerprint density at radius 2 is 2.22 bits per heavy atom. The first-order valence-electron chi connectivity index (χ1n) is 5.95. The molecule has 2 rings (SSSR count). The second-order valence-corrected chi connectivity index (χ2v) is 6.09. The van der Waals surface area contributed by atoms with E-state index < -0.39 is 0 Å². The van der Waals surface area contributed by atoms with Crippen molar-refractivity contribution in [2.75, 3.05) is 30.8 Å². The van der Waals surface area contributed by atoms with Gasteiger partial charge in [-0.05, 0) is 12.1 Å². The molecule has 0 bridgehead atoms. The largest absolute Gasteiger partial charge is 0.460 e. The summed E-state index contributed by atoms with van der Waals surface area (Å²) in [6.07, 6.45) is 0. The average Bonchev–Trinajstić information content (AvgIpc) is 2.85. The fourth-order valence-electron chi connectivity index (χ4n) is 1.88. The number of alkyl halides is 1. The monoisotopic (exact) mass is 329 g/mol. The van der Waals surface area contributed by atoms with Crippen LogP contribution in [0.25, 0.3) is 0 Å². The number of nitrogens with zero attached hydrogens (tertiary/aromatic N) is 1. The Morgan fingerprint density at radius 3 is 2.94 bits per heavy atom. The molecule has 1 aromatic carbocycles. The molecule has 0 radical (unpaired) electrons. The third kappa shape index (κ3) is 3.73. The van der Waals surface area contributed by atoms with Gasteiger partial charge in [-0.1, -0.05) is 34.1 Å². The highest BCUT2D eigenvalue weighted by atomic mass is 79.9. The predicted octanol–water partition coefficient (Wildman–Crippen LogP) is 2.61. The maximum Gasteiger partial charge on any atom is 0.338 e. The number of esters is 1. The van der Waals surface area contributed by atoms with E-state index in [4.69, 9.17) is 4.74 Å². The lowest BCUT2D eigenvalue weighted by Gasteiger charge is -2.22. The first-order valence-corrected chi connectivity index (χ1v) is 8.12. The lowest BCUT2D eigenvalue weighted by molar-refractivity contribution is 0.0452. The molecule has 1 aliphatic heterocycles. The molecule has 1 aromatic rings. The molecule has 0 aliphatic carbocycles. The van der Waals surface area contributed by atoms with Gasteiger partial charge < -0.3 is 4.74 Å². The van der Waals surface area contributed by atoms with Gasteiger partial charge in [0.2, 0.25) is 0 Å². The molecule has 1 atom stereocenters. The van der Waals surface area contributed by atoms with Gasteiger partial charge in [-0.25, -0.2) is 4.79 Å². The molecule has 0 aromatic heterocycles. The molecule has 3 nitrogen and oxygen atoms in total. The van der Waals surface area contributed by atoms with Crippen LogP contribution in [0.3, 0.4) is 0 Å². The highest BCUT2D eigenvalue weighted by Gasteiger charge is 2.25. The van der Waals surface area contributed by atoms with Crippen LogP contribution in [0.2, 0.25) is 0 Å². The highest BCUT2D eigenvalue weighted by molar-refractivity contribution is 9.09. The summed E-state index contributed by atoms with van der Waals surface area (Å²) in [5, 5.41) is 1.26. The van der Waals surface area contributed by atoms with Gasteiger partial charge in [-0.3, -0.25) is 4.90 Å². The molecule has 1 fully saturated rings. The number of rotatable bonds is 5. The summed E-state index contributed by atoms with van der Waals surface area (Å²) in [7, 11) is 0. The molecular formula is C13H16BrNO2S. The molecule has 0 N–H and O–H groups in total. The van der Waals surface area contributed by atoms with Crippen LogP contribution in [0.5, 0.6) is 0 Å². The van der Waals surface area contributed by atoms with Gasteiger partial charge in [0.1, 0.15) is 6.61 Å². The van der Waals surface area contributed by atoms with Gasteiger partial charge >= 0.3 is 5.97 Å². The van der Waals surface area contributed by atoms with E-state index in [1.807, 2.05) is 30.0 Å². The third-order valence-electron chi connectivity index (χ3n) is 2.83. The zero-order valence-electron chi connectivity index (χ0n) is 10.0. The molecule has 18 heavy (non-hydrogen) atoms. The lowest BCUT2D eigenvalue weighted by atomic mass is 10.2. The van der Waals surface area contributed by atoms with Crippen LogP contribution in [0.1, 0.15) is 10.4 Å². The summed E-state index contributed by atoms with van der Waals surface area (Å²) in [6.45, 7) is 2.54. The van der Waals surface area contributed by atoms with Crippen molar-refractivity contribution >= 4 is 33.7 Å². The number of benzene rings is 1. The second-order valence-electron chi connectivity index (χ2n) is 4.01. The van der Waals surface area contributed by atoms with Crippen molar-refractivity contribution < 1.29 is 9.53 Å². The highest BCUT2D eigenvalue weighted by Crippen LogP contribution is 2.23. The van der Waals surface area contributed by atoms with Gasteiger partial charge in [0.05, 0.1) is 10.9 Å². The molecule has 5 heteroatoms.